The lowest BCUT2D eigenvalue weighted by Gasteiger charge is -2.32. The van der Waals surface area contributed by atoms with Gasteiger partial charge in [0.15, 0.2) is 0 Å². The molecule has 0 spiro atoms. The van der Waals surface area contributed by atoms with Crippen LogP contribution in [-0.4, -0.2) is 37.5 Å². The van der Waals surface area contributed by atoms with Crippen LogP contribution in [-0.2, 0) is 9.47 Å². The molecule has 1 N–H and O–H groups in total. The van der Waals surface area contributed by atoms with Gasteiger partial charge >= 0.3 is 0 Å². The summed E-state index contributed by atoms with van der Waals surface area (Å²) in [5.74, 6) is 0. The van der Waals surface area contributed by atoms with Crippen molar-refractivity contribution in [1.29, 1.82) is 0 Å². The van der Waals surface area contributed by atoms with Crippen molar-refractivity contribution >= 4 is 0 Å². The minimum atomic E-state index is 0.354. The molecule has 1 rings (SSSR count). The van der Waals surface area contributed by atoms with E-state index in [1.165, 1.54) is 25.7 Å². The maximum absolute atomic E-state index is 5.99. The normalized spacial score (nSPS) is 29.4. The average Bonchev–Trinajstić information content (AvgIpc) is 2.34. The molecule has 3 atom stereocenters. The van der Waals surface area contributed by atoms with Crippen molar-refractivity contribution in [2.75, 3.05) is 13.2 Å². The predicted octanol–water partition coefficient (Wildman–Crippen LogP) is 3.52. The first-order chi connectivity index (χ1) is 9.11. The molecule has 19 heavy (non-hydrogen) atoms. The van der Waals surface area contributed by atoms with Gasteiger partial charge in [-0.25, -0.2) is 0 Å². The largest absolute Gasteiger partial charge is 0.378 e. The summed E-state index contributed by atoms with van der Waals surface area (Å²) in [5, 5.41) is 3.53. The van der Waals surface area contributed by atoms with E-state index < -0.39 is 0 Å². The number of nitrogens with one attached hydrogen (secondary N) is 1. The van der Waals surface area contributed by atoms with Gasteiger partial charge in [0.25, 0.3) is 0 Å². The van der Waals surface area contributed by atoms with Gasteiger partial charge in [0, 0.05) is 12.6 Å². The molecule has 0 aliphatic carbocycles. The van der Waals surface area contributed by atoms with Crippen molar-refractivity contribution < 1.29 is 9.47 Å². The molecular weight excluding hydrogens is 238 g/mol. The second kappa shape index (κ2) is 9.73. The number of ether oxygens (including phenoxy) is 2. The highest BCUT2D eigenvalue weighted by atomic mass is 16.5. The summed E-state index contributed by atoms with van der Waals surface area (Å²) in [7, 11) is 0. The van der Waals surface area contributed by atoms with E-state index in [9.17, 15) is 0 Å². The van der Waals surface area contributed by atoms with E-state index >= 15 is 0 Å². The van der Waals surface area contributed by atoms with Crippen LogP contribution in [0.1, 0.15) is 66.2 Å². The Balaban J connectivity index is 1.98. The van der Waals surface area contributed by atoms with Gasteiger partial charge in [-0.2, -0.15) is 0 Å². The van der Waals surface area contributed by atoms with Crippen molar-refractivity contribution in [2.45, 2.75) is 90.6 Å². The summed E-state index contributed by atoms with van der Waals surface area (Å²) >= 11 is 0. The molecule has 0 saturated carbocycles. The first-order valence-electron chi connectivity index (χ1n) is 8.12. The highest BCUT2D eigenvalue weighted by molar-refractivity contribution is 4.73. The molecule has 3 unspecified atom stereocenters. The summed E-state index contributed by atoms with van der Waals surface area (Å²) in [6.45, 7) is 10.8. The molecule has 114 valence electrons. The minimum absolute atomic E-state index is 0.354. The molecule has 1 fully saturated rings. The molecule has 1 aliphatic rings. The number of unbranched alkanes of at least 4 members (excludes halogenated alkanes) is 1. The maximum atomic E-state index is 5.99. The van der Waals surface area contributed by atoms with Crippen molar-refractivity contribution in [1.82, 2.24) is 5.32 Å². The monoisotopic (exact) mass is 271 g/mol. The fraction of sp³-hybridized carbons (Fsp3) is 1.00. The SMILES string of the molecule is CCCNC(C)CCCCOC1CC(C)OC(C)C1. The predicted molar refractivity (Wildman–Crippen MR) is 80.6 cm³/mol. The van der Waals surface area contributed by atoms with Gasteiger partial charge in [-0.1, -0.05) is 6.92 Å². The Morgan fingerprint density at radius 3 is 2.53 bits per heavy atom. The Hall–Kier alpha value is -0.120. The molecule has 0 aromatic rings. The van der Waals surface area contributed by atoms with Crippen molar-refractivity contribution in [3.8, 4) is 0 Å². The second-order valence-corrected chi connectivity index (χ2v) is 6.07. The second-order valence-electron chi connectivity index (χ2n) is 6.07. The Kier molecular flexibility index (Phi) is 8.67. The van der Waals surface area contributed by atoms with Crippen LogP contribution in [0.25, 0.3) is 0 Å². The van der Waals surface area contributed by atoms with Crippen LogP contribution in [0, 0.1) is 0 Å². The Bertz CT molecular complexity index is 213. The fourth-order valence-electron chi connectivity index (χ4n) is 2.78. The lowest BCUT2D eigenvalue weighted by Crippen LogP contribution is -2.34. The van der Waals surface area contributed by atoms with E-state index in [4.69, 9.17) is 9.47 Å². The molecule has 3 heteroatoms. The quantitative estimate of drug-likeness (QED) is 0.651. The van der Waals surface area contributed by atoms with E-state index in [1.807, 2.05) is 0 Å². The van der Waals surface area contributed by atoms with E-state index in [0.717, 1.165) is 26.0 Å². The third kappa shape index (κ3) is 7.91. The number of hydrogen-bond acceptors (Lipinski definition) is 3. The van der Waals surface area contributed by atoms with Gasteiger partial charge in [0.2, 0.25) is 0 Å². The summed E-state index contributed by atoms with van der Waals surface area (Å²) in [5.41, 5.74) is 0. The van der Waals surface area contributed by atoms with Crippen LogP contribution >= 0.6 is 0 Å². The molecule has 0 radical (unpaired) electrons. The number of rotatable bonds is 9. The van der Waals surface area contributed by atoms with Gasteiger partial charge in [-0.3, -0.25) is 0 Å². The van der Waals surface area contributed by atoms with E-state index in [-0.39, 0.29) is 0 Å². The zero-order valence-corrected chi connectivity index (χ0v) is 13.3. The molecule has 0 aromatic carbocycles. The standard InChI is InChI=1S/C16H33NO2/c1-5-9-17-13(2)8-6-7-10-18-16-11-14(3)19-15(4)12-16/h13-17H,5-12H2,1-4H3. The first-order valence-corrected chi connectivity index (χ1v) is 8.12. The van der Waals surface area contributed by atoms with Crippen LogP contribution < -0.4 is 5.32 Å². The first kappa shape index (κ1) is 16.9. The van der Waals surface area contributed by atoms with Crippen LogP contribution in [0.2, 0.25) is 0 Å². The highest BCUT2D eigenvalue weighted by Gasteiger charge is 2.24. The fourth-order valence-corrected chi connectivity index (χ4v) is 2.78. The summed E-state index contributed by atoms with van der Waals surface area (Å²) in [6, 6.07) is 0.642. The Morgan fingerprint density at radius 1 is 1.21 bits per heavy atom. The van der Waals surface area contributed by atoms with Crippen LogP contribution in [0.5, 0.6) is 0 Å². The van der Waals surface area contributed by atoms with Crippen LogP contribution in [0.4, 0.5) is 0 Å². The molecule has 1 heterocycles. The summed E-state index contributed by atoms with van der Waals surface area (Å²) < 4.78 is 11.7. The molecule has 0 amide bonds. The topological polar surface area (TPSA) is 30.5 Å². The van der Waals surface area contributed by atoms with E-state index in [2.05, 4.69) is 33.0 Å². The van der Waals surface area contributed by atoms with Crippen molar-refractivity contribution in [2.24, 2.45) is 0 Å². The minimum Gasteiger partial charge on any atom is -0.378 e. The molecule has 0 bridgehead atoms. The molecule has 1 saturated heterocycles. The molecular formula is C16H33NO2. The van der Waals surface area contributed by atoms with Crippen LogP contribution in [0.3, 0.4) is 0 Å². The van der Waals surface area contributed by atoms with Crippen LogP contribution in [0.15, 0.2) is 0 Å². The van der Waals surface area contributed by atoms with E-state index in [0.29, 0.717) is 24.4 Å². The molecule has 0 aromatic heterocycles. The van der Waals surface area contributed by atoms with Gasteiger partial charge in [0.1, 0.15) is 0 Å². The van der Waals surface area contributed by atoms with Crippen molar-refractivity contribution in [3.05, 3.63) is 0 Å². The third-order valence-electron chi connectivity index (χ3n) is 3.78. The van der Waals surface area contributed by atoms with Gasteiger partial charge in [-0.15, -0.1) is 0 Å². The van der Waals surface area contributed by atoms with Gasteiger partial charge in [-0.05, 0) is 65.8 Å². The summed E-state index contributed by atoms with van der Waals surface area (Å²) in [6.07, 6.45) is 8.13. The zero-order valence-electron chi connectivity index (χ0n) is 13.3. The Labute approximate surface area is 119 Å². The van der Waals surface area contributed by atoms with E-state index in [1.54, 1.807) is 0 Å². The highest BCUT2D eigenvalue weighted by Crippen LogP contribution is 2.21. The van der Waals surface area contributed by atoms with Crippen molar-refractivity contribution in [3.63, 3.8) is 0 Å². The molecule has 1 aliphatic heterocycles. The Morgan fingerprint density at radius 2 is 1.89 bits per heavy atom. The lowest BCUT2D eigenvalue weighted by atomic mass is 10.0. The average molecular weight is 271 g/mol. The lowest BCUT2D eigenvalue weighted by molar-refractivity contribution is -0.102. The zero-order chi connectivity index (χ0) is 14.1. The third-order valence-corrected chi connectivity index (χ3v) is 3.78. The number of hydrogen-bond donors (Lipinski definition) is 1. The van der Waals surface area contributed by atoms with Gasteiger partial charge < -0.3 is 14.8 Å². The maximum Gasteiger partial charge on any atom is 0.0624 e. The molecule has 3 nitrogen and oxygen atoms in total. The smallest absolute Gasteiger partial charge is 0.0624 e. The van der Waals surface area contributed by atoms with Gasteiger partial charge in [0.05, 0.1) is 18.3 Å². The summed E-state index contributed by atoms with van der Waals surface area (Å²) in [4.78, 5) is 0.